The topological polar surface area (TPSA) is 49.4 Å². The molecule has 0 saturated heterocycles. The van der Waals surface area contributed by atoms with Crippen molar-refractivity contribution in [3.05, 3.63) is 87.4 Å². The van der Waals surface area contributed by atoms with E-state index in [0.29, 0.717) is 11.3 Å². The number of nitrogens with zero attached hydrogens (tertiary/aromatic N) is 1. The first-order valence-corrected chi connectivity index (χ1v) is 12.3. The third kappa shape index (κ3) is 5.50. The number of hydrogen-bond donors (Lipinski definition) is 1. The Morgan fingerprint density at radius 3 is 2.45 bits per heavy atom. The molecule has 1 saturated carbocycles. The molecule has 1 fully saturated rings. The predicted octanol–water partition coefficient (Wildman–Crippen LogP) is 5.88. The van der Waals surface area contributed by atoms with Gasteiger partial charge in [0.15, 0.2) is 0 Å². The maximum absolute atomic E-state index is 13.8. The lowest BCUT2D eigenvalue weighted by molar-refractivity contribution is -0.127. The van der Waals surface area contributed by atoms with Gasteiger partial charge in [-0.3, -0.25) is 14.5 Å². The Balaban J connectivity index is 1.79. The zero-order valence-electron chi connectivity index (χ0n) is 19.0. The molecule has 1 heterocycles. The molecule has 1 aliphatic rings. The molecule has 0 unspecified atom stereocenters. The van der Waals surface area contributed by atoms with Crippen molar-refractivity contribution in [3.8, 4) is 0 Å². The molecule has 0 radical (unpaired) electrons. The number of nitrogens with one attached hydrogen (secondary N) is 1. The summed E-state index contributed by atoms with van der Waals surface area (Å²) >= 11 is 1.52. The van der Waals surface area contributed by atoms with Crippen molar-refractivity contribution < 1.29 is 14.0 Å². The number of rotatable bonds is 7. The molecule has 2 aromatic carbocycles. The molecule has 1 atom stereocenters. The maximum Gasteiger partial charge on any atom is 0.248 e. The lowest BCUT2D eigenvalue weighted by atomic mass is 10.00. The number of carbonyl (C=O) groups excluding carboxylic acids is 2. The van der Waals surface area contributed by atoms with E-state index in [1.165, 1.54) is 23.5 Å². The minimum atomic E-state index is -0.889. The van der Waals surface area contributed by atoms with Crippen LogP contribution in [0.5, 0.6) is 0 Å². The first-order chi connectivity index (χ1) is 15.9. The second-order valence-electron chi connectivity index (χ2n) is 8.75. The van der Waals surface area contributed by atoms with E-state index in [0.717, 1.165) is 41.7 Å². The van der Waals surface area contributed by atoms with Gasteiger partial charge in [-0.25, -0.2) is 4.39 Å². The lowest BCUT2D eigenvalue weighted by Gasteiger charge is -2.33. The van der Waals surface area contributed by atoms with Gasteiger partial charge in [0.25, 0.3) is 0 Å². The number of thiophene rings is 1. The summed E-state index contributed by atoms with van der Waals surface area (Å²) in [5.41, 5.74) is 3.27. The molecule has 0 aliphatic heterocycles. The van der Waals surface area contributed by atoms with Crippen LogP contribution in [0, 0.1) is 19.7 Å². The number of halogens is 1. The van der Waals surface area contributed by atoms with Gasteiger partial charge in [-0.1, -0.05) is 48.7 Å². The standard InChI is InChI=1S/C27H29FN2O2S/c1-18-9-14-24(19(2)16-18)30(25(31)17-23-8-5-15-33-23)26(20-10-12-21(28)13-11-20)27(32)29-22-6-3-4-7-22/h5,8-16,22,26H,3-4,6-7,17H2,1-2H3,(H,29,32)/t26-/m0/s1. The third-order valence-corrected chi connectivity index (χ3v) is 7.06. The summed E-state index contributed by atoms with van der Waals surface area (Å²) in [6, 6.07) is 14.8. The number of amides is 2. The quantitative estimate of drug-likeness (QED) is 0.475. The molecule has 0 spiro atoms. The number of benzene rings is 2. The molecule has 1 aliphatic carbocycles. The summed E-state index contributed by atoms with van der Waals surface area (Å²) in [6.45, 7) is 3.95. The van der Waals surface area contributed by atoms with Crippen LogP contribution < -0.4 is 10.2 Å². The highest BCUT2D eigenvalue weighted by Gasteiger charge is 2.35. The average molecular weight is 465 g/mol. The van der Waals surface area contributed by atoms with E-state index < -0.39 is 6.04 Å². The maximum atomic E-state index is 13.8. The Labute approximate surface area is 198 Å². The lowest BCUT2D eigenvalue weighted by Crippen LogP contribution is -2.47. The van der Waals surface area contributed by atoms with Crippen LogP contribution in [-0.4, -0.2) is 17.9 Å². The summed E-state index contributed by atoms with van der Waals surface area (Å²) in [4.78, 5) is 30.0. The van der Waals surface area contributed by atoms with Crippen LogP contribution in [0.3, 0.4) is 0 Å². The normalized spacial score (nSPS) is 14.8. The van der Waals surface area contributed by atoms with Gasteiger partial charge in [-0.15, -0.1) is 11.3 Å². The minimum Gasteiger partial charge on any atom is -0.351 e. The fourth-order valence-corrected chi connectivity index (χ4v) is 5.25. The Morgan fingerprint density at radius 2 is 1.82 bits per heavy atom. The summed E-state index contributed by atoms with van der Waals surface area (Å²) in [5, 5.41) is 5.10. The highest BCUT2D eigenvalue weighted by Crippen LogP contribution is 2.33. The van der Waals surface area contributed by atoms with Gasteiger partial charge in [-0.05, 0) is 67.5 Å². The Kier molecular flexibility index (Phi) is 7.23. The number of aryl methyl sites for hydroxylation is 2. The Hall–Kier alpha value is -2.99. The van der Waals surface area contributed by atoms with Crippen molar-refractivity contribution in [2.24, 2.45) is 0 Å². The first kappa shape index (κ1) is 23.2. The molecule has 1 N–H and O–H groups in total. The van der Waals surface area contributed by atoms with Crippen molar-refractivity contribution in [2.45, 2.75) is 58.0 Å². The van der Waals surface area contributed by atoms with E-state index in [4.69, 9.17) is 0 Å². The van der Waals surface area contributed by atoms with Crippen molar-refractivity contribution in [1.29, 1.82) is 0 Å². The third-order valence-electron chi connectivity index (χ3n) is 6.18. The molecule has 0 bridgehead atoms. The second kappa shape index (κ2) is 10.3. The molecule has 33 heavy (non-hydrogen) atoms. The second-order valence-corrected chi connectivity index (χ2v) is 9.79. The van der Waals surface area contributed by atoms with Crippen LogP contribution in [-0.2, 0) is 16.0 Å². The molecule has 172 valence electrons. The summed E-state index contributed by atoms with van der Waals surface area (Å²) < 4.78 is 13.7. The summed E-state index contributed by atoms with van der Waals surface area (Å²) in [6.07, 6.45) is 4.25. The van der Waals surface area contributed by atoms with Crippen LogP contribution in [0.25, 0.3) is 0 Å². The van der Waals surface area contributed by atoms with Gasteiger partial charge in [0, 0.05) is 16.6 Å². The predicted molar refractivity (Wildman–Crippen MR) is 131 cm³/mol. The van der Waals surface area contributed by atoms with Crippen LogP contribution in [0.2, 0.25) is 0 Å². The van der Waals surface area contributed by atoms with Gasteiger partial charge in [0.05, 0.1) is 6.42 Å². The van der Waals surface area contributed by atoms with E-state index in [1.807, 2.05) is 49.6 Å². The van der Waals surface area contributed by atoms with E-state index in [-0.39, 0.29) is 30.1 Å². The van der Waals surface area contributed by atoms with Crippen LogP contribution in [0.1, 0.15) is 53.3 Å². The molecule has 3 aromatic rings. The Morgan fingerprint density at radius 1 is 1.09 bits per heavy atom. The summed E-state index contributed by atoms with van der Waals surface area (Å²) in [7, 11) is 0. The fourth-order valence-electron chi connectivity index (χ4n) is 4.55. The Bertz CT molecular complexity index is 1110. The van der Waals surface area contributed by atoms with E-state index in [9.17, 15) is 14.0 Å². The zero-order valence-corrected chi connectivity index (χ0v) is 19.8. The fraction of sp³-hybridized carbons (Fsp3) is 0.333. The molecule has 6 heteroatoms. The van der Waals surface area contributed by atoms with Crippen molar-refractivity contribution in [2.75, 3.05) is 4.90 Å². The first-order valence-electron chi connectivity index (χ1n) is 11.4. The van der Waals surface area contributed by atoms with Crippen molar-refractivity contribution in [3.63, 3.8) is 0 Å². The van der Waals surface area contributed by atoms with Crippen LogP contribution in [0.4, 0.5) is 10.1 Å². The van der Waals surface area contributed by atoms with E-state index in [1.54, 1.807) is 17.0 Å². The van der Waals surface area contributed by atoms with Crippen molar-refractivity contribution in [1.82, 2.24) is 5.32 Å². The molecular weight excluding hydrogens is 435 g/mol. The van der Waals surface area contributed by atoms with Crippen LogP contribution >= 0.6 is 11.3 Å². The largest absolute Gasteiger partial charge is 0.351 e. The number of anilines is 1. The van der Waals surface area contributed by atoms with Crippen molar-refractivity contribution >= 4 is 28.8 Å². The van der Waals surface area contributed by atoms with Gasteiger partial charge < -0.3 is 5.32 Å². The molecule has 4 nitrogen and oxygen atoms in total. The molecule has 1 aromatic heterocycles. The number of hydrogen-bond acceptors (Lipinski definition) is 3. The smallest absolute Gasteiger partial charge is 0.248 e. The highest BCUT2D eigenvalue weighted by atomic mass is 32.1. The van der Waals surface area contributed by atoms with E-state index >= 15 is 0 Å². The van der Waals surface area contributed by atoms with Gasteiger partial charge in [-0.2, -0.15) is 0 Å². The average Bonchev–Trinajstić information content (AvgIpc) is 3.48. The molecule has 4 rings (SSSR count). The molecule has 2 amide bonds. The van der Waals surface area contributed by atoms with Crippen LogP contribution in [0.15, 0.2) is 60.0 Å². The van der Waals surface area contributed by atoms with Gasteiger partial charge in [0.1, 0.15) is 11.9 Å². The molecular formula is C27H29FN2O2S. The van der Waals surface area contributed by atoms with E-state index in [2.05, 4.69) is 5.32 Å². The monoisotopic (exact) mass is 464 g/mol. The van der Waals surface area contributed by atoms with Gasteiger partial charge >= 0.3 is 0 Å². The SMILES string of the molecule is Cc1ccc(N(C(=O)Cc2cccs2)[C@H](C(=O)NC2CCCC2)c2ccc(F)cc2)c(C)c1. The van der Waals surface area contributed by atoms with Gasteiger partial charge in [0.2, 0.25) is 11.8 Å². The summed E-state index contributed by atoms with van der Waals surface area (Å²) in [5.74, 6) is -0.773. The highest BCUT2D eigenvalue weighted by molar-refractivity contribution is 7.10. The zero-order chi connectivity index (χ0) is 23.4. The number of carbonyl (C=O) groups is 2. The minimum absolute atomic E-state index is 0.105.